The molecule has 0 aliphatic heterocycles. The van der Waals surface area contributed by atoms with Gasteiger partial charge in [0, 0.05) is 20.2 Å². The highest BCUT2D eigenvalue weighted by molar-refractivity contribution is 9.09. The van der Waals surface area contributed by atoms with Crippen LogP contribution in [0.1, 0.15) is 26.4 Å². The van der Waals surface area contributed by atoms with Crippen LogP contribution in [0.15, 0.2) is 6.20 Å². The van der Waals surface area contributed by atoms with Crippen molar-refractivity contribution < 1.29 is 9.53 Å². The number of thiazole rings is 1. The molecule has 0 aliphatic rings. The summed E-state index contributed by atoms with van der Waals surface area (Å²) in [7, 11) is 1.63. The Morgan fingerprint density at radius 2 is 2.54 bits per heavy atom. The highest BCUT2D eigenvalue weighted by Crippen LogP contribution is 2.27. The average Bonchev–Trinajstić information content (AvgIpc) is 2.52. The van der Waals surface area contributed by atoms with Gasteiger partial charge in [-0.25, -0.2) is 4.98 Å². The summed E-state index contributed by atoms with van der Waals surface area (Å²) in [5, 5.41) is 0.882. The Morgan fingerprint density at radius 3 is 3.00 bits per heavy atom. The van der Waals surface area contributed by atoms with Crippen LogP contribution in [-0.4, -0.2) is 24.5 Å². The molecule has 3 nitrogen and oxygen atoms in total. The van der Waals surface area contributed by atoms with Crippen molar-refractivity contribution in [3.05, 3.63) is 16.1 Å². The molecule has 0 aliphatic carbocycles. The topological polar surface area (TPSA) is 39.2 Å². The van der Waals surface area contributed by atoms with Gasteiger partial charge in [-0.15, -0.1) is 11.3 Å². The van der Waals surface area contributed by atoms with Crippen LogP contribution in [0.2, 0.25) is 0 Å². The largest absolute Gasteiger partial charge is 0.383 e. The molecule has 0 aromatic carbocycles. The number of hydrogen-bond acceptors (Lipinski definition) is 4. The highest BCUT2D eigenvalue weighted by Gasteiger charge is 2.13. The molecule has 0 bridgehead atoms. The monoisotopic (exact) mass is 263 g/mol. The fourth-order valence-corrected chi connectivity index (χ4v) is 2.25. The summed E-state index contributed by atoms with van der Waals surface area (Å²) < 4.78 is 4.96. The lowest BCUT2D eigenvalue weighted by Gasteiger charge is -2.02. The smallest absolute Gasteiger partial charge is 0.171 e. The third-order valence-corrected chi connectivity index (χ3v) is 3.66. The number of methoxy groups -OCH3 is 1. The number of alkyl halides is 1. The molecule has 0 saturated heterocycles. The number of rotatable bonds is 4. The molecule has 1 atom stereocenters. The van der Waals surface area contributed by atoms with E-state index in [2.05, 4.69) is 20.9 Å². The normalized spacial score (nSPS) is 12.8. The Kier molecular flexibility index (Phi) is 4.02. The molecule has 1 aromatic rings. The summed E-state index contributed by atoms with van der Waals surface area (Å²) in [5.41, 5.74) is 0. The quantitative estimate of drug-likeness (QED) is 0.619. The molecule has 0 spiro atoms. The van der Waals surface area contributed by atoms with Gasteiger partial charge in [0.25, 0.3) is 0 Å². The Morgan fingerprint density at radius 1 is 1.85 bits per heavy atom. The number of aromatic nitrogens is 1. The van der Waals surface area contributed by atoms with Crippen LogP contribution in [0.4, 0.5) is 0 Å². The third kappa shape index (κ3) is 2.86. The van der Waals surface area contributed by atoms with Crippen molar-refractivity contribution in [1.29, 1.82) is 0 Å². The van der Waals surface area contributed by atoms with E-state index in [0.29, 0.717) is 11.5 Å². The Balaban J connectivity index is 2.73. The van der Waals surface area contributed by atoms with Crippen molar-refractivity contribution in [2.24, 2.45) is 0 Å². The van der Waals surface area contributed by atoms with Gasteiger partial charge >= 0.3 is 0 Å². The Bertz CT molecular complexity index is 300. The number of Topliss-reactive ketones (excluding diaryl/α,β-unsaturated/α-hetero) is 1. The van der Waals surface area contributed by atoms with Crippen molar-refractivity contribution in [1.82, 2.24) is 4.98 Å². The number of ether oxygens (including phenoxy) is 1. The van der Waals surface area contributed by atoms with Crippen LogP contribution in [0.3, 0.4) is 0 Å². The maximum Gasteiger partial charge on any atom is 0.171 e. The van der Waals surface area contributed by atoms with Gasteiger partial charge in [0.1, 0.15) is 5.01 Å². The zero-order chi connectivity index (χ0) is 9.84. The summed E-state index contributed by atoms with van der Waals surface area (Å²) in [4.78, 5) is 15.9. The van der Waals surface area contributed by atoms with Gasteiger partial charge in [-0.2, -0.15) is 0 Å². The van der Waals surface area contributed by atoms with E-state index in [1.807, 2.05) is 0 Å². The van der Waals surface area contributed by atoms with Crippen LogP contribution in [-0.2, 0) is 4.74 Å². The van der Waals surface area contributed by atoms with E-state index < -0.39 is 0 Å². The fraction of sp³-hybridized carbons (Fsp3) is 0.500. The molecule has 0 radical (unpaired) electrons. The van der Waals surface area contributed by atoms with Crippen LogP contribution in [0, 0.1) is 0 Å². The van der Waals surface area contributed by atoms with Crippen molar-refractivity contribution in [2.45, 2.75) is 11.8 Å². The lowest BCUT2D eigenvalue weighted by Crippen LogP contribution is -1.97. The van der Waals surface area contributed by atoms with E-state index in [0.717, 1.165) is 5.01 Å². The Hall–Kier alpha value is -0.260. The molecule has 0 saturated carbocycles. The van der Waals surface area contributed by atoms with E-state index in [1.54, 1.807) is 13.3 Å². The predicted molar refractivity (Wildman–Crippen MR) is 55.7 cm³/mol. The van der Waals surface area contributed by atoms with Crippen LogP contribution in [0.5, 0.6) is 0 Å². The summed E-state index contributed by atoms with van der Waals surface area (Å²) in [6.07, 6.45) is 1.60. The van der Waals surface area contributed by atoms with Crippen LogP contribution >= 0.6 is 27.3 Å². The second-order valence-corrected chi connectivity index (χ2v) is 4.71. The van der Waals surface area contributed by atoms with Gasteiger partial charge in [-0.1, -0.05) is 15.9 Å². The zero-order valence-electron chi connectivity index (χ0n) is 7.41. The minimum Gasteiger partial charge on any atom is -0.383 e. The molecule has 1 unspecified atom stereocenters. The van der Waals surface area contributed by atoms with E-state index >= 15 is 0 Å². The predicted octanol–water partition coefficient (Wildman–Crippen LogP) is 2.43. The molecule has 5 heteroatoms. The van der Waals surface area contributed by atoms with Crippen molar-refractivity contribution >= 4 is 33.0 Å². The number of hydrogen-bond donors (Lipinski definition) is 0. The van der Waals surface area contributed by atoms with Crippen LogP contribution in [0.25, 0.3) is 0 Å². The van der Waals surface area contributed by atoms with Gasteiger partial charge in [-0.3, -0.25) is 4.79 Å². The van der Waals surface area contributed by atoms with Crippen molar-refractivity contribution in [2.75, 3.05) is 13.7 Å². The molecule has 1 rings (SSSR count). The first-order valence-corrected chi connectivity index (χ1v) is 5.48. The first-order chi connectivity index (χ1) is 6.15. The number of carbonyl (C=O) groups is 1. The lowest BCUT2D eigenvalue weighted by atomic mass is 10.4. The second kappa shape index (κ2) is 4.83. The van der Waals surface area contributed by atoms with Crippen molar-refractivity contribution in [3.63, 3.8) is 0 Å². The van der Waals surface area contributed by atoms with E-state index in [-0.39, 0.29) is 10.6 Å². The van der Waals surface area contributed by atoms with Crippen LogP contribution < -0.4 is 0 Å². The maximum atomic E-state index is 11.0. The van der Waals surface area contributed by atoms with Gasteiger partial charge in [-0.05, 0) is 0 Å². The minimum atomic E-state index is 0.0564. The summed E-state index contributed by atoms with van der Waals surface area (Å²) >= 11 is 4.82. The molecule has 72 valence electrons. The number of carbonyl (C=O) groups excluding carboxylic acids is 1. The van der Waals surface area contributed by atoms with Gasteiger partial charge in [0.05, 0.1) is 16.3 Å². The second-order valence-electron chi connectivity index (χ2n) is 2.54. The number of halogens is 1. The summed E-state index contributed by atoms with van der Waals surface area (Å²) in [5.74, 6) is 0.0564. The standard InChI is InChI=1S/C8H10BrNO2S/c1-5(11)7-3-10-8(13-7)6(9)4-12-2/h3,6H,4H2,1-2H3. The zero-order valence-corrected chi connectivity index (χ0v) is 9.81. The first kappa shape index (κ1) is 10.8. The average molecular weight is 264 g/mol. The summed E-state index contributed by atoms with van der Waals surface area (Å²) in [6, 6.07) is 0. The molecule has 1 heterocycles. The Labute approximate surface area is 89.3 Å². The minimum absolute atomic E-state index is 0.0564. The lowest BCUT2D eigenvalue weighted by molar-refractivity contribution is 0.102. The summed E-state index contributed by atoms with van der Waals surface area (Å²) in [6.45, 7) is 2.10. The molecule has 1 aromatic heterocycles. The van der Waals surface area contributed by atoms with Gasteiger partial charge in [0.2, 0.25) is 0 Å². The van der Waals surface area contributed by atoms with E-state index in [4.69, 9.17) is 4.74 Å². The highest BCUT2D eigenvalue weighted by atomic mass is 79.9. The van der Waals surface area contributed by atoms with E-state index in [1.165, 1.54) is 18.3 Å². The molecule has 13 heavy (non-hydrogen) atoms. The first-order valence-electron chi connectivity index (χ1n) is 3.74. The number of nitrogens with zero attached hydrogens (tertiary/aromatic N) is 1. The molecular formula is C8H10BrNO2S. The fourth-order valence-electron chi connectivity index (χ4n) is 0.813. The maximum absolute atomic E-state index is 11.0. The van der Waals surface area contributed by atoms with E-state index in [9.17, 15) is 4.79 Å². The molecule has 0 N–H and O–H groups in total. The molecule has 0 fully saturated rings. The molecule has 0 amide bonds. The van der Waals surface area contributed by atoms with Gasteiger partial charge in [0.15, 0.2) is 5.78 Å². The van der Waals surface area contributed by atoms with Crippen molar-refractivity contribution in [3.8, 4) is 0 Å². The SMILES string of the molecule is COCC(Br)c1ncc(C(C)=O)s1. The number of ketones is 1. The molecular weight excluding hydrogens is 254 g/mol. The van der Waals surface area contributed by atoms with Gasteiger partial charge < -0.3 is 4.74 Å². The third-order valence-electron chi connectivity index (χ3n) is 1.45.